The van der Waals surface area contributed by atoms with Crippen LogP contribution in [0, 0.1) is 11.2 Å². The van der Waals surface area contributed by atoms with Gasteiger partial charge in [0.2, 0.25) is 5.91 Å². The molecule has 1 N–H and O–H groups in total. The van der Waals surface area contributed by atoms with Crippen molar-refractivity contribution in [3.8, 4) is 0 Å². The van der Waals surface area contributed by atoms with Gasteiger partial charge in [-0.3, -0.25) is 9.69 Å². The van der Waals surface area contributed by atoms with Crippen LogP contribution in [0.1, 0.15) is 56.6 Å². The van der Waals surface area contributed by atoms with E-state index < -0.39 is 0 Å². The molecule has 148 valence electrons. The number of likely N-dealkylation sites (tertiary alicyclic amines) is 2. The summed E-state index contributed by atoms with van der Waals surface area (Å²) in [5.74, 6) is 0.0992. The molecule has 3 aliphatic rings. The maximum absolute atomic E-state index is 13.5. The van der Waals surface area contributed by atoms with E-state index in [1.165, 1.54) is 32.1 Å². The molecule has 3 heterocycles. The average molecular weight is 374 g/mol. The van der Waals surface area contributed by atoms with Gasteiger partial charge in [-0.2, -0.15) is 0 Å². The molecule has 3 fully saturated rings. The van der Waals surface area contributed by atoms with E-state index in [4.69, 9.17) is 0 Å². The molecule has 1 unspecified atom stereocenters. The van der Waals surface area contributed by atoms with Gasteiger partial charge < -0.3 is 10.2 Å². The first-order chi connectivity index (χ1) is 13.2. The maximum atomic E-state index is 13.5. The van der Waals surface area contributed by atoms with E-state index in [0.717, 1.165) is 51.3 Å². The highest BCUT2D eigenvalue weighted by Crippen LogP contribution is 2.39. The van der Waals surface area contributed by atoms with E-state index in [1.807, 2.05) is 12.1 Å². The highest BCUT2D eigenvalue weighted by atomic mass is 19.1. The molecular formula is C22H32FN3O. The molecule has 0 aromatic heterocycles. The van der Waals surface area contributed by atoms with E-state index in [0.29, 0.717) is 17.7 Å². The van der Waals surface area contributed by atoms with Crippen LogP contribution in [0.15, 0.2) is 24.3 Å². The maximum Gasteiger partial charge on any atom is 0.222 e. The smallest absolute Gasteiger partial charge is 0.222 e. The molecule has 1 aromatic carbocycles. The predicted octanol–water partition coefficient (Wildman–Crippen LogP) is 3.34. The lowest BCUT2D eigenvalue weighted by Crippen LogP contribution is -2.53. The normalized spacial score (nSPS) is 24.9. The molecule has 4 rings (SSSR count). The van der Waals surface area contributed by atoms with Crippen LogP contribution in [-0.2, 0) is 4.79 Å². The molecule has 3 saturated heterocycles. The SMILES string of the molecule is O=C1CCC2(CCNCC2)CN1CC(c1ccc(F)cc1)N1CCCCC1. The van der Waals surface area contributed by atoms with Crippen molar-refractivity contribution in [1.82, 2.24) is 15.1 Å². The monoisotopic (exact) mass is 373 g/mol. The summed E-state index contributed by atoms with van der Waals surface area (Å²) < 4.78 is 13.5. The summed E-state index contributed by atoms with van der Waals surface area (Å²) in [6.07, 6.45) is 7.75. The van der Waals surface area contributed by atoms with Crippen molar-refractivity contribution in [1.29, 1.82) is 0 Å². The van der Waals surface area contributed by atoms with Gasteiger partial charge in [0.1, 0.15) is 5.82 Å². The Balaban J connectivity index is 1.54. The van der Waals surface area contributed by atoms with Gasteiger partial charge in [0.15, 0.2) is 0 Å². The molecule has 1 spiro atoms. The van der Waals surface area contributed by atoms with Gasteiger partial charge in [0.25, 0.3) is 0 Å². The third kappa shape index (κ3) is 4.35. The Kier molecular flexibility index (Phi) is 5.79. The van der Waals surface area contributed by atoms with Gasteiger partial charge in [-0.05, 0) is 81.4 Å². The minimum atomic E-state index is -0.196. The molecule has 0 aliphatic carbocycles. The number of nitrogens with zero attached hydrogens (tertiary/aromatic N) is 2. The number of nitrogens with one attached hydrogen (secondary N) is 1. The van der Waals surface area contributed by atoms with Crippen LogP contribution >= 0.6 is 0 Å². The van der Waals surface area contributed by atoms with Gasteiger partial charge >= 0.3 is 0 Å². The lowest BCUT2D eigenvalue weighted by atomic mass is 9.72. The van der Waals surface area contributed by atoms with Crippen molar-refractivity contribution in [3.05, 3.63) is 35.6 Å². The lowest BCUT2D eigenvalue weighted by molar-refractivity contribution is -0.139. The Hall–Kier alpha value is -1.46. The number of carbonyl (C=O) groups is 1. The molecule has 1 atom stereocenters. The van der Waals surface area contributed by atoms with E-state index in [2.05, 4.69) is 15.1 Å². The number of hydrogen-bond donors (Lipinski definition) is 1. The van der Waals surface area contributed by atoms with Crippen molar-refractivity contribution in [2.24, 2.45) is 5.41 Å². The topological polar surface area (TPSA) is 35.6 Å². The number of halogens is 1. The summed E-state index contributed by atoms with van der Waals surface area (Å²) in [6, 6.07) is 7.09. The Labute approximate surface area is 162 Å². The zero-order valence-corrected chi connectivity index (χ0v) is 16.3. The van der Waals surface area contributed by atoms with Crippen LogP contribution in [0.25, 0.3) is 0 Å². The first-order valence-electron chi connectivity index (χ1n) is 10.6. The molecule has 1 amide bonds. The summed E-state index contributed by atoms with van der Waals surface area (Å²) in [7, 11) is 0. The number of carbonyl (C=O) groups excluding carboxylic acids is 1. The second-order valence-electron chi connectivity index (χ2n) is 8.69. The van der Waals surface area contributed by atoms with Gasteiger partial charge in [0.05, 0.1) is 6.04 Å². The Morgan fingerprint density at radius 2 is 1.74 bits per heavy atom. The number of hydrogen-bond acceptors (Lipinski definition) is 3. The number of benzene rings is 1. The van der Waals surface area contributed by atoms with Crippen molar-refractivity contribution in [2.45, 2.75) is 51.0 Å². The fourth-order valence-electron chi connectivity index (χ4n) is 5.19. The van der Waals surface area contributed by atoms with E-state index >= 15 is 0 Å². The second kappa shape index (κ2) is 8.27. The van der Waals surface area contributed by atoms with E-state index in [-0.39, 0.29) is 11.9 Å². The van der Waals surface area contributed by atoms with Gasteiger partial charge in [-0.1, -0.05) is 18.6 Å². The minimum Gasteiger partial charge on any atom is -0.340 e. The number of piperidine rings is 3. The average Bonchev–Trinajstić information content (AvgIpc) is 2.71. The van der Waals surface area contributed by atoms with Crippen molar-refractivity contribution >= 4 is 5.91 Å². The van der Waals surface area contributed by atoms with Crippen LogP contribution in [0.2, 0.25) is 0 Å². The third-order valence-corrected chi connectivity index (χ3v) is 6.89. The molecule has 0 radical (unpaired) electrons. The third-order valence-electron chi connectivity index (χ3n) is 6.89. The summed E-state index contributed by atoms with van der Waals surface area (Å²) in [5, 5.41) is 3.46. The molecule has 0 saturated carbocycles. The quantitative estimate of drug-likeness (QED) is 0.879. The zero-order chi connectivity index (χ0) is 18.7. The molecule has 0 bridgehead atoms. The number of rotatable bonds is 4. The van der Waals surface area contributed by atoms with Crippen LogP contribution in [-0.4, -0.2) is 55.0 Å². The molecule has 4 nitrogen and oxygen atoms in total. The van der Waals surface area contributed by atoms with Gasteiger partial charge in [-0.25, -0.2) is 4.39 Å². The summed E-state index contributed by atoms with van der Waals surface area (Å²) in [4.78, 5) is 17.4. The Morgan fingerprint density at radius 3 is 2.44 bits per heavy atom. The Bertz CT molecular complexity index is 635. The highest BCUT2D eigenvalue weighted by molar-refractivity contribution is 5.77. The lowest BCUT2D eigenvalue weighted by Gasteiger charge is -2.47. The summed E-state index contributed by atoms with van der Waals surface area (Å²) in [5.41, 5.74) is 1.44. The van der Waals surface area contributed by atoms with Crippen LogP contribution in [0.4, 0.5) is 4.39 Å². The van der Waals surface area contributed by atoms with Crippen LogP contribution < -0.4 is 5.32 Å². The molecule has 27 heavy (non-hydrogen) atoms. The summed E-state index contributed by atoms with van der Waals surface area (Å²) in [6.45, 7) is 5.89. The van der Waals surface area contributed by atoms with Gasteiger partial charge in [-0.15, -0.1) is 0 Å². The summed E-state index contributed by atoms with van der Waals surface area (Å²) >= 11 is 0. The number of amides is 1. The minimum absolute atomic E-state index is 0.173. The highest BCUT2D eigenvalue weighted by Gasteiger charge is 2.40. The largest absolute Gasteiger partial charge is 0.340 e. The molecule has 5 heteroatoms. The van der Waals surface area contributed by atoms with Crippen LogP contribution in [0.5, 0.6) is 0 Å². The first-order valence-corrected chi connectivity index (χ1v) is 10.6. The van der Waals surface area contributed by atoms with Crippen molar-refractivity contribution in [3.63, 3.8) is 0 Å². The fourth-order valence-corrected chi connectivity index (χ4v) is 5.19. The van der Waals surface area contributed by atoms with Gasteiger partial charge in [0, 0.05) is 19.5 Å². The molecular weight excluding hydrogens is 341 g/mol. The van der Waals surface area contributed by atoms with Crippen LogP contribution in [0.3, 0.4) is 0 Å². The Morgan fingerprint density at radius 1 is 1.04 bits per heavy atom. The second-order valence-corrected chi connectivity index (χ2v) is 8.69. The molecule has 1 aromatic rings. The van der Waals surface area contributed by atoms with E-state index in [1.54, 1.807) is 12.1 Å². The van der Waals surface area contributed by atoms with Crippen molar-refractivity contribution < 1.29 is 9.18 Å². The fraction of sp³-hybridized carbons (Fsp3) is 0.682. The van der Waals surface area contributed by atoms with Crippen molar-refractivity contribution in [2.75, 3.05) is 39.3 Å². The van der Waals surface area contributed by atoms with E-state index in [9.17, 15) is 9.18 Å². The first kappa shape index (κ1) is 18.9. The zero-order valence-electron chi connectivity index (χ0n) is 16.3. The molecule has 3 aliphatic heterocycles. The predicted molar refractivity (Wildman–Crippen MR) is 105 cm³/mol. The standard InChI is InChI=1S/C22H32FN3O/c23-19-6-4-18(5-7-19)20(25-14-2-1-3-15-25)16-26-17-22(9-8-21(26)27)10-12-24-13-11-22/h4-7,20,24H,1-3,8-17H2.